The highest BCUT2D eigenvalue weighted by atomic mass is 35.5. The van der Waals surface area contributed by atoms with Crippen molar-refractivity contribution in [2.45, 2.75) is 0 Å². The number of ether oxygens (including phenoxy) is 1. The standard InChI is InChI=1S/C18H12ClN2O2/c1-22-12-7-8-13-15(9-12)21-18-16(14(19)10-23-18)17(13)20-11-5-3-2-4-6-11/h3-10H,1H3,(H,20,21). The van der Waals surface area contributed by atoms with Crippen LogP contribution < -0.4 is 10.1 Å². The van der Waals surface area contributed by atoms with Crippen LogP contribution in [-0.4, -0.2) is 12.1 Å². The number of nitrogens with zero attached hydrogens (tertiary/aromatic N) is 1. The number of rotatable bonds is 3. The molecule has 5 heteroatoms. The van der Waals surface area contributed by atoms with Gasteiger partial charge in [-0.15, -0.1) is 0 Å². The lowest BCUT2D eigenvalue weighted by Crippen LogP contribution is -1.94. The second-order valence-corrected chi connectivity index (χ2v) is 5.45. The van der Waals surface area contributed by atoms with E-state index in [1.807, 2.05) is 42.5 Å². The normalized spacial score (nSPS) is 11.0. The monoisotopic (exact) mass is 323 g/mol. The molecular weight excluding hydrogens is 312 g/mol. The highest BCUT2D eigenvalue weighted by molar-refractivity contribution is 6.37. The van der Waals surface area contributed by atoms with Crippen LogP contribution in [0.4, 0.5) is 11.4 Å². The number of nitrogens with one attached hydrogen (secondary N) is 1. The molecule has 1 N–H and O–H groups in total. The van der Waals surface area contributed by atoms with E-state index < -0.39 is 0 Å². The minimum atomic E-state index is 0.487. The smallest absolute Gasteiger partial charge is 0.230 e. The molecule has 4 rings (SSSR count). The Hall–Kier alpha value is -2.72. The van der Waals surface area contributed by atoms with E-state index in [1.165, 1.54) is 6.26 Å². The Morgan fingerprint density at radius 3 is 2.83 bits per heavy atom. The van der Waals surface area contributed by atoms with Gasteiger partial charge in [0.25, 0.3) is 0 Å². The van der Waals surface area contributed by atoms with Crippen LogP contribution in [0.15, 0.2) is 53.1 Å². The summed E-state index contributed by atoms with van der Waals surface area (Å²) in [5.41, 5.74) is 3.05. The maximum absolute atomic E-state index is 6.30. The number of halogens is 1. The molecule has 2 aromatic heterocycles. The van der Waals surface area contributed by atoms with Gasteiger partial charge in [0.1, 0.15) is 12.0 Å². The molecule has 0 saturated heterocycles. The maximum Gasteiger partial charge on any atom is 0.230 e. The maximum atomic E-state index is 6.30. The van der Waals surface area contributed by atoms with Gasteiger partial charge in [-0.1, -0.05) is 23.7 Å². The van der Waals surface area contributed by atoms with Crippen molar-refractivity contribution in [2.75, 3.05) is 12.4 Å². The van der Waals surface area contributed by atoms with E-state index in [0.29, 0.717) is 10.7 Å². The van der Waals surface area contributed by atoms with E-state index in [4.69, 9.17) is 20.8 Å². The van der Waals surface area contributed by atoms with Gasteiger partial charge >= 0.3 is 0 Å². The van der Waals surface area contributed by atoms with E-state index in [1.54, 1.807) is 7.11 Å². The van der Waals surface area contributed by atoms with Crippen LogP contribution >= 0.6 is 11.6 Å². The minimum Gasteiger partial charge on any atom is -0.497 e. The number of benzene rings is 2. The molecule has 113 valence electrons. The molecule has 0 spiro atoms. The molecule has 23 heavy (non-hydrogen) atoms. The van der Waals surface area contributed by atoms with E-state index in [0.717, 1.165) is 33.4 Å². The molecule has 4 nitrogen and oxygen atoms in total. The van der Waals surface area contributed by atoms with Crippen LogP contribution in [0.25, 0.3) is 22.0 Å². The molecule has 0 aliphatic carbocycles. The molecule has 0 atom stereocenters. The highest BCUT2D eigenvalue weighted by Gasteiger charge is 2.16. The van der Waals surface area contributed by atoms with Gasteiger partial charge in [0.15, 0.2) is 0 Å². The van der Waals surface area contributed by atoms with E-state index >= 15 is 0 Å². The zero-order chi connectivity index (χ0) is 15.8. The number of hydrogen-bond donors (Lipinski definition) is 1. The Labute approximate surface area is 137 Å². The summed E-state index contributed by atoms with van der Waals surface area (Å²) in [4.78, 5) is 4.53. The molecule has 0 amide bonds. The summed E-state index contributed by atoms with van der Waals surface area (Å²) in [5, 5.41) is 5.63. The van der Waals surface area contributed by atoms with Gasteiger partial charge in [-0.2, -0.15) is 0 Å². The van der Waals surface area contributed by atoms with Crippen LogP contribution in [0.5, 0.6) is 5.75 Å². The third kappa shape index (κ3) is 2.37. The molecule has 0 aliphatic heterocycles. The Balaban J connectivity index is 2.01. The third-order valence-electron chi connectivity index (χ3n) is 3.66. The van der Waals surface area contributed by atoms with Crippen molar-refractivity contribution in [1.29, 1.82) is 0 Å². The van der Waals surface area contributed by atoms with Gasteiger partial charge in [-0.25, -0.2) is 4.98 Å². The summed E-state index contributed by atoms with van der Waals surface area (Å²) < 4.78 is 10.8. The second-order valence-electron chi connectivity index (χ2n) is 5.05. The molecule has 2 heterocycles. The van der Waals surface area contributed by atoms with Gasteiger partial charge in [0, 0.05) is 17.1 Å². The van der Waals surface area contributed by atoms with Gasteiger partial charge in [-0.05, 0) is 30.3 Å². The predicted molar refractivity (Wildman–Crippen MR) is 91.6 cm³/mol. The summed E-state index contributed by atoms with van der Waals surface area (Å²) in [7, 11) is 1.63. The van der Waals surface area contributed by atoms with Crippen molar-refractivity contribution < 1.29 is 9.15 Å². The molecule has 0 bridgehead atoms. The van der Waals surface area contributed by atoms with Gasteiger partial charge in [0.2, 0.25) is 5.71 Å². The summed E-state index contributed by atoms with van der Waals surface area (Å²) in [5.74, 6) is 0.738. The highest BCUT2D eigenvalue weighted by Crippen LogP contribution is 2.38. The Kier molecular flexibility index (Phi) is 3.32. The number of anilines is 2. The quantitative estimate of drug-likeness (QED) is 0.564. The zero-order valence-corrected chi connectivity index (χ0v) is 13.0. The van der Waals surface area contributed by atoms with Crippen LogP contribution in [-0.2, 0) is 0 Å². The molecule has 0 aliphatic rings. The van der Waals surface area contributed by atoms with Gasteiger partial charge in [0.05, 0.1) is 28.7 Å². The van der Waals surface area contributed by atoms with Crippen LogP contribution in [0.2, 0.25) is 5.02 Å². The average molecular weight is 324 g/mol. The largest absolute Gasteiger partial charge is 0.497 e. The first-order valence-corrected chi connectivity index (χ1v) is 7.41. The number of aromatic nitrogens is 1. The predicted octanol–water partition coefficient (Wildman–Crippen LogP) is 5.19. The molecule has 0 unspecified atom stereocenters. The topological polar surface area (TPSA) is 47.3 Å². The molecule has 0 saturated carbocycles. The van der Waals surface area contributed by atoms with Crippen molar-refractivity contribution in [3.8, 4) is 5.75 Å². The SMILES string of the molecule is COc1ccc2c(Nc3cc[c]cc3)c3c(Cl)coc3nc2c1. The van der Waals surface area contributed by atoms with E-state index in [2.05, 4.69) is 16.4 Å². The number of hydrogen-bond acceptors (Lipinski definition) is 4. The van der Waals surface area contributed by atoms with Crippen molar-refractivity contribution in [3.05, 3.63) is 59.8 Å². The fourth-order valence-corrected chi connectivity index (χ4v) is 2.79. The second kappa shape index (κ2) is 5.48. The van der Waals surface area contributed by atoms with Crippen molar-refractivity contribution in [1.82, 2.24) is 4.98 Å². The molecule has 4 aromatic rings. The number of furan rings is 1. The molecular formula is C18H12ClN2O2. The lowest BCUT2D eigenvalue weighted by Gasteiger charge is -2.12. The zero-order valence-electron chi connectivity index (χ0n) is 12.3. The first-order valence-electron chi connectivity index (χ1n) is 7.04. The number of pyridine rings is 1. The molecule has 2 aromatic carbocycles. The lowest BCUT2D eigenvalue weighted by molar-refractivity contribution is 0.415. The summed E-state index contributed by atoms with van der Waals surface area (Å²) >= 11 is 6.30. The molecule has 0 fully saturated rings. The summed E-state index contributed by atoms with van der Waals surface area (Å²) in [6, 6.07) is 16.3. The number of fused-ring (bicyclic) bond motifs is 2. The fourth-order valence-electron chi connectivity index (χ4n) is 2.57. The average Bonchev–Trinajstić information content (AvgIpc) is 2.96. The number of methoxy groups -OCH3 is 1. The molecule has 1 radical (unpaired) electrons. The van der Waals surface area contributed by atoms with Crippen molar-refractivity contribution in [2.24, 2.45) is 0 Å². The Morgan fingerprint density at radius 1 is 1.22 bits per heavy atom. The first-order chi connectivity index (χ1) is 11.3. The fraction of sp³-hybridized carbons (Fsp3) is 0.0556. The van der Waals surface area contributed by atoms with Gasteiger partial charge < -0.3 is 14.5 Å². The van der Waals surface area contributed by atoms with Crippen LogP contribution in [0, 0.1) is 6.07 Å². The van der Waals surface area contributed by atoms with Crippen molar-refractivity contribution >= 4 is 45.0 Å². The van der Waals surface area contributed by atoms with Crippen LogP contribution in [0.3, 0.4) is 0 Å². The summed E-state index contributed by atoms with van der Waals surface area (Å²) in [6.07, 6.45) is 1.50. The Morgan fingerprint density at radius 2 is 2.04 bits per heavy atom. The lowest BCUT2D eigenvalue weighted by atomic mass is 10.1. The Bertz CT molecular complexity index is 996. The summed E-state index contributed by atoms with van der Waals surface area (Å²) in [6.45, 7) is 0. The van der Waals surface area contributed by atoms with E-state index in [9.17, 15) is 0 Å². The van der Waals surface area contributed by atoms with Crippen LogP contribution in [0.1, 0.15) is 0 Å². The third-order valence-corrected chi connectivity index (χ3v) is 3.94. The van der Waals surface area contributed by atoms with Crippen molar-refractivity contribution in [3.63, 3.8) is 0 Å². The first kappa shape index (κ1) is 13.9. The minimum absolute atomic E-state index is 0.487. The van der Waals surface area contributed by atoms with Gasteiger partial charge in [-0.3, -0.25) is 0 Å². The van der Waals surface area contributed by atoms with E-state index in [-0.39, 0.29) is 0 Å².